The van der Waals surface area contributed by atoms with Crippen LogP contribution in [0.4, 0.5) is 0 Å². The van der Waals surface area contributed by atoms with Crippen LogP contribution in [0, 0.1) is 0 Å². The Labute approximate surface area is 159 Å². The standard InChI is InChI=1S/C18H19BrN2O3S/c1-23-16-7-6-13(9-17(16)24-2)10-20-21-18(22)12-25-11-14-4-3-5-15(19)8-14/h3-10H,11-12H2,1-2H3,(H,21,22)/b20-10+. The number of halogens is 1. The first-order chi connectivity index (χ1) is 12.1. The lowest BCUT2D eigenvalue weighted by atomic mass is 10.2. The van der Waals surface area contributed by atoms with Gasteiger partial charge in [-0.05, 0) is 41.5 Å². The lowest BCUT2D eigenvalue weighted by Gasteiger charge is -2.07. The van der Waals surface area contributed by atoms with Gasteiger partial charge in [-0.2, -0.15) is 5.10 Å². The molecule has 0 radical (unpaired) electrons. The number of nitrogens with one attached hydrogen (secondary N) is 1. The van der Waals surface area contributed by atoms with Crippen LogP contribution in [0.1, 0.15) is 11.1 Å². The van der Waals surface area contributed by atoms with Crippen LogP contribution >= 0.6 is 27.7 Å². The monoisotopic (exact) mass is 422 g/mol. The number of nitrogens with zero attached hydrogens (tertiary/aromatic N) is 1. The van der Waals surface area contributed by atoms with E-state index in [4.69, 9.17) is 9.47 Å². The predicted molar refractivity (Wildman–Crippen MR) is 106 cm³/mol. The molecule has 2 rings (SSSR count). The molecule has 0 saturated carbocycles. The minimum atomic E-state index is -0.142. The van der Waals surface area contributed by atoms with Crippen molar-refractivity contribution in [2.24, 2.45) is 5.10 Å². The molecule has 2 aromatic rings. The summed E-state index contributed by atoms with van der Waals surface area (Å²) in [4.78, 5) is 11.8. The molecule has 0 heterocycles. The van der Waals surface area contributed by atoms with Gasteiger partial charge in [-0.3, -0.25) is 4.79 Å². The number of hydrogen-bond donors (Lipinski definition) is 1. The van der Waals surface area contributed by atoms with Crippen LogP contribution < -0.4 is 14.9 Å². The van der Waals surface area contributed by atoms with E-state index in [2.05, 4.69) is 26.5 Å². The zero-order chi connectivity index (χ0) is 18.1. The first kappa shape index (κ1) is 19.3. The highest BCUT2D eigenvalue weighted by molar-refractivity contribution is 9.10. The summed E-state index contributed by atoms with van der Waals surface area (Å²) in [5.41, 5.74) is 4.50. The third-order valence-electron chi connectivity index (χ3n) is 3.20. The maximum Gasteiger partial charge on any atom is 0.250 e. The van der Waals surface area contributed by atoms with Crippen molar-refractivity contribution in [1.82, 2.24) is 5.43 Å². The molecule has 1 N–H and O–H groups in total. The van der Waals surface area contributed by atoms with E-state index < -0.39 is 0 Å². The average molecular weight is 423 g/mol. The van der Waals surface area contributed by atoms with Crippen molar-refractivity contribution >= 4 is 39.8 Å². The number of thioether (sulfide) groups is 1. The molecule has 0 aliphatic rings. The normalized spacial score (nSPS) is 10.7. The first-order valence-corrected chi connectivity index (χ1v) is 9.43. The highest BCUT2D eigenvalue weighted by Gasteiger charge is 2.04. The Bertz CT molecular complexity index is 753. The number of benzene rings is 2. The van der Waals surface area contributed by atoms with E-state index in [1.54, 1.807) is 32.6 Å². The van der Waals surface area contributed by atoms with E-state index in [1.807, 2.05) is 30.3 Å². The van der Waals surface area contributed by atoms with Gasteiger partial charge in [-0.15, -0.1) is 11.8 Å². The number of amides is 1. The Balaban J connectivity index is 1.78. The number of methoxy groups -OCH3 is 2. The topological polar surface area (TPSA) is 59.9 Å². The summed E-state index contributed by atoms with van der Waals surface area (Å²) in [5.74, 6) is 2.23. The second-order valence-electron chi connectivity index (χ2n) is 5.03. The van der Waals surface area contributed by atoms with Crippen LogP contribution in [0.2, 0.25) is 0 Å². The van der Waals surface area contributed by atoms with Gasteiger partial charge < -0.3 is 9.47 Å². The number of hydrogen-bond acceptors (Lipinski definition) is 5. The number of carbonyl (C=O) groups is 1. The second-order valence-corrected chi connectivity index (χ2v) is 6.93. The molecule has 0 aromatic heterocycles. The summed E-state index contributed by atoms with van der Waals surface area (Å²) >= 11 is 4.97. The summed E-state index contributed by atoms with van der Waals surface area (Å²) in [7, 11) is 3.15. The molecular weight excluding hydrogens is 404 g/mol. The van der Waals surface area contributed by atoms with Gasteiger partial charge in [0.15, 0.2) is 11.5 Å². The van der Waals surface area contributed by atoms with E-state index in [9.17, 15) is 4.79 Å². The quantitative estimate of drug-likeness (QED) is 0.518. The number of rotatable bonds is 8. The summed E-state index contributed by atoms with van der Waals surface area (Å²) in [6, 6.07) is 13.4. The third-order valence-corrected chi connectivity index (χ3v) is 4.70. The Morgan fingerprint density at radius 3 is 2.72 bits per heavy atom. The summed E-state index contributed by atoms with van der Waals surface area (Å²) in [6.45, 7) is 0. The Morgan fingerprint density at radius 1 is 1.20 bits per heavy atom. The van der Waals surface area contributed by atoms with Crippen molar-refractivity contribution in [3.8, 4) is 11.5 Å². The largest absolute Gasteiger partial charge is 0.493 e. The molecule has 0 saturated heterocycles. The van der Waals surface area contributed by atoms with Gasteiger partial charge in [0.2, 0.25) is 5.91 Å². The third kappa shape index (κ3) is 6.43. The molecule has 25 heavy (non-hydrogen) atoms. The minimum Gasteiger partial charge on any atom is -0.493 e. The molecule has 1 amide bonds. The van der Waals surface area contributed by atoms with Gasteiger partial charge in [0.25, 0.3) is 0 Å². The van der Waals surface area contributed by atoms with Crippen molar-refractivity contribution in [3.05, 3.63) is 58.1 Å². The fourth-order valence-electron chi connectivity index (χ4n) is 2.03. The van der Waals surface area contributed by atoms with Crippen LogP contribution in [0.25, 0.3) is 0 Å². The highest BCUT2D eigenvalue weighted by Crippen LogP contribution is 2.26. The Kier molecular flexibility index (Phi) is 7.81. The van der Waals surface area contributed by atoms with Crippen LogP contribution in [0.15, 0.2) is 52.0 Å². The summed E-state index contributed by atoms with van der Waals surface area (Å²) in [5, 5.41) is 3.97. The molecule has 0 atom stereocenters. The van der Waals surface area contributed by atoms with Gasteiger partial charge >= 0.3 is 0 Å². The zero-order valence-corrected chi connectivity index (χ0v) is 16.4. The molecule has 2 aromatic carbocycles. The second kappa shape index (κ2) is 10.1. The molecule has 0 spiro atoms. The van der Waals surface area contributed by atoms with Crippen molar-refractivity contribution in [2.75, 3.05) is 20.0 Å². The van der Waals surface area contributed by atoms with Gasteiger partial charge in [0, 0.05) is 10.2 Å². The maximum atomic E-state index is 11.8. The summed E-state index contributed by atoms with van der Waals surface area (Å²) < 4.78 is 11.4. The molecule has 0 aliphatic heterocycles. The van der Waals surface area contributed by atoms with Gasteiger partial charge in [-0.25, -0.2) is 5.43 Å². The Hall–Kier alpha value is -1.99. The van der Waals surface area contributed by atoms with Crippen LogP contribution in [-0.4, -0.2) is 32.1 Å². The van der Waals surface area contributed by atoms with E-state index in [1.165, 1.54) is 17.3 Å². The van der Waals surface area contributed by atoms with Gasteiger partial charge in [-0.1, -0.05) is 28.1 Å². The molecule has 0 aliphatic carbocycles. The molecule has 5 nitrogen and oxygen atoms in total. The minimum absolute atomic E-state index is 0.142. The first-order valence-electron chi connectivity index (χ1n) is 7.48. The van der Waals surface area contributed by atoms with Gasteiger partial charge in [0.05, 0.1) is 26.2 Å². The molecular formula is C18H19BrN2O3S. The number of hydrazone groups is 1. The van der Waals surface area contributed by atoms with E-state index >= 15 is 0 Å². The van der Waals surface area contributed by atoms with Crippen molar-refractivity contribution in [2.45, 2.75) is 5.75 Å². The van der Waals surface area contributed by atoms with Gasteiger partial charge in [0.1, 0.15) is 0 Å². The average Bonchev–Trinajstić information content (AvgIpc) is 2.61. The van der Waals surface area contributed by atoms with E-state index in [-0.39, 0.29) is 5.91 Å². The van der Waals surface area contributed by atoms with E-state index in [0.717, 1.165) is 15.8 Å². The molecule has 0 bridgehead atoms. The van der Waals surface area contributed by atoms with Crippen LogP contribution in [-0.2, 0) is 10.5 Å². The highest BCUT2D eigenvalue weighted by atomic mass is 79.9. The molecule has 132 valence electrons. The summed E-state index contributed by atoms with van der Waals surface area (Å²) in [6.07, 6.45) is 1.57. The van der Waals surface area contributed by atoms with E-state index in [0.29, 0.717) is 17.3 Å². The number of carbonyl (C=O) groups excluding carboxylic acids is 1. The lowest BCUT2D eigenvalue weighted by Crippen LogP contribution is -2.19. The van der Waals surface area contributed by atoms with Crippen LogP contribution in [0.5, 0.6) is 11.5 Å². The fourth-order valence-corrected chi connectivity index (χ4v) is 3.25. The SMILES string of the molecule is COc1ccc(/C=N/NC(=O)CSCc2cccc(Br)c2)cc1OC. The molecule has 7 heteroatoms. The maximum absolute atomic E-state index is 11.8. The fraction of sp³-hybridized carbons (Fsp3) is 0.222. The molecule has 0 unspecified atom stereocenters. The van der Waals surface area contributed by atoms with Crippen LogP contribution in [0.3, 0.4) is 0 Å². The van der Waals surface area contributed by atoms with Crippen molar-refractivity contribution in [3.63, 3.8) is 0 Å². The smallest absolute Gasteiger partial charge is 0.250 e. The van der Waals surface area contributed by atoms with Crippen molar-refractivity contribution < 1.29 is 14.3 Å². The zero-order valence-electron chi connectivity index (χ0n) is 14.0. The predicted octanol–water partition coefficient (Wildman–Crippen LogP) is 3.85. The molecule has 0 fully saturated rings. The van der Waals surface area contributed by atoms with Crippen molar-refractivity contribution in [1.29, 1.82) is 0 Å². The Morgan fingerprint density at radius 2 is 2.00 bits per heavy atom. The number of ether oxygens (including phenoxy) is 2. The lowest BCUT2D eigenvalue weighted by molar-refractivity contribution is -0.118.